The van der Waals surface area contributed by atoms with Crippen molar-refractivity contribution >= 4 is 17.4 Å². The minimum Gasteiger partial charge on any atom is -0.508 e. The molecule has 1 aromatic carbocycles. The van der Waals surface area contributed by atoms with E-state index in [1.54, 1.807) is 36.5 Å². The van der Waals surface area contributed by atoms with E-state index < -0.39 is 0 Å². The van der Waals surface area contributed by atoms with Gasteiger partial charge in [0.05, 0.1) is 0 Å². The van der Waals surface area contributed by atoms with Crippen LogP contribution in [0.4, 0.5) is 11.5 Å². The SMILES string of the molecule is Cc1cc(O)ccc1NC(=O)c1ccnc(NC(C)C)c1. The summed E-state index contributed by atoms with van der Waals surface area (Å²) in [5.74, 6) is 0.635. The van der Waals surface area contributed by atoms with Crippen molar-refractivity contribution in [2.24, 2.45) is 0 Å². The molecular weight excluding hydrogens is 266 g/mol. The number of nitrogens with zero attached hydrogens (tertiary/aromatic N) is 1. The number of pyridine rings is 1. The summed E-state index contributed by atoms with van der Waals surface area (Å²) in [6.45, 7) is 5.84. The minimum atomic E-state index is -0.210. The van der Waals surface area contributed by atoms with E-state index >= 15 is 0 Å². The van der Waals surface area contributed by atoms with Gasteiger partial charge >= 0.3 is 0 Å². The maximum absolute atomic E-state index is 12.3. The van der Waals surface area contributed by atoms with Gasteiger partial charge in [-0.3, -0.25) is 4.79 Å². The predicted molar refractivity (Wildman–Crippen MR) is 83.8 cm³/mol. The number of anilines is 2. The number of aromatic nitrogens is 1. The summed E-state index contributed by atoms with van der Waals surface area (Å²) < 4.78 is 0. The molecule has 0 saturated carbocycles. The molecule has 2 aromatic rings. The number of aromatic hydroxyl groups is 1. The van der Waals surface area contributed by atoms with Gasteiger partial charge in [-0.1, -0.05) is 0 Å². The maximum Gasteiger partial charge on any atom is 0.255 e. The Kier molecular flexibility index (Phi) is 4.42. The van der Waals surface area contributed by atoms with Crippen molar-refractivity contribution in [2.45, 2.75) is 26.8 Å². The molecular formula is C16H19N3O2. The van der Waals surface area contributed by atoms with Gasteiger partial charge in [0, 0.05) is 23.5 Å². The second-order valence-electron chi connectivity index (χ2n) is 5.18. The number of amides is 1. The molecule has 0 aliphatic heterocycles. The van der Waals surface area contributed by atoms with E-state index in [2.05, 4.69) is 15.6 Å². The lowest BCUT2D eigenvalue weighted by Crippen LogP contribution is -2.15. The molecule has 0 atom stereocenters. The molecule has 0 aliphatic carbocycles. The number of hydrogen-bond donors (Lipinski definition) is 3. The average Bonchev–Trinajstić information content (AvgIpc) is 2.41. The Hall–Kier alpha value is -2.56. The number of aryl methyl sites for hydroxylation is 1. The molecule has 0 aliphatic rings. The van der Waals surface area contributed by atoms with Gasteiger partial charge in [0.15, 0.2) is 0 Å². The van der Waals surface area contributed by atoms with E-state index in [0.29, 0.717) is 17.1 Å². The van der Waals surface area contributed by atoms with Crippen LogP contribution in [0, 0.1) is 6.92 Å². The summed E-state index contributed by atoms with van der Waals surface area (Å²) in [7, 11) is 0. The highest BCUT2D eigenvalue weighted by Crippen LogP contribution is 2.21. The monoisotopic (exact) mass is 285 g/mol. The molecule has 0 fully saturated rings. The Morgan fingerprint density at radius 2 is 2.00 bits per heavy atom. The quantitative estimate of drug-likeness (QED) is 0.754. The van der Waals surface area contributed by atoms with Crippen LogP contribution in [0.25, 0.3) is 0 Å². The van der Waals surface area contributed by atoms with Gasteiger partial charge < -0.3 is 15.7 Å². The van der Waals surface area contributed by atoms with Crippen LogP contribution in [0.15, 0.2) is 36.5 Å². The third kappa shape index (κ3) is 3.95. The fourth-order valence-electron chi connectivity index (χ4n) is 1.93. The average molecular weight is 285 g/mol. The van der Waals surface area contributed by atoms with Crippen LogP contribution in [-0.4, -0.2) is 22.0 Å². The first-order valence-corrected chi connectivity index (χ1v) is 6.79. The summed E-state index contributed by atoms with van der Waals surface area (Å²) in [5.41, 5.74) is 2.01. The fourth-order valence-corrected chi connectivity index (χ4v) is 1.93. The molecule has 3 N–H and O–H groups in total. The van der Waals surface area contributed by atoms with Crippen molar-refractivity contribution < 1.29 is 9.90 Å². The van der Waals surface area contributed by atoms with Gasteiger partial charge in [0.25, 0.3) is 5.91 Å². The predicted octanol–water partition coefficient (Wildman–Crippen LogP) is 3.17. The number of carbonyl (C=O) groups is 1. The van der Waals surface area contributed by atoms with Gasteiger partial charge in [0.2, 0.25) is 0 Å². The van der Waals surface area contributed by atoms with Gasteiger partial charge in [0.1, 0.15) is 11.6 Å². The molecule has 0 unspecified atom stereocenters. The van der Waals surface area contributed by atoms with E-state index in [1.165, 1.54) is 0 Å². The lowest BCUT2D eigenvalue weighted by Gasteiger charge is -2.11. The highest BCUT2D eigenvalue weighted by molar-refractivity contribution is 6.05. The number of rotatable bonds is 4. The molecule has 0 saturated heterocycles. The molecule has 0 spiro atoms. The van der Waals surface area contributed by atoms with Crippen LogP contribution < -0.4 is 10.6 Å². The van der Waals surface area contributed by atoms with E-state index in [9.17, 15) is 9.90 Å². The van der Waals surface area contributed by atoms with Gasteiger partial charge in [-0.05, 0) is 56.7 Å². The molecule has 1 heterocycles. The topological polar surface area (TPSA) is 74.2 Å². The largest absolute Gasteiger partial charge is 0.508 e. The highest BCUT2D eigenvalue weighted by Gasteiger charge is 2.09. The summed E-state index contributed by atoms with van der Waals surface area (Å²) in [4.78, 5) is 16.4. The molecule has 21 heavy (non-hydrogen) atoms. The van der Waals surface area contributed by atoms with Crippen molar-refractivity contribution in [3.8, 4) is 5.75 Å². The highest BCUT2D eigenvalue weighted by atomic mass is 16.3. The molecule has 0 radical (unpaired) electrons. The van der Waals surface area contributed by atoms with Crippen LogP contribution >= 0.6 is 0 Å². The van der Waals surface area contributed by atoms with Crippen LogP contribution in [0.1, 0.15) is 29.8 Å². The first-order valence-electron chi connectivity index (χ1n) is 6.79. The second-order valence-corrected chi connectivity index (χ2v) is 5.18. The van der Waals surface area contributed by atoms with Gasteiger partial charge in [-0.25, -0.2) is 4.98 Å². The van der Waals surface area contributed by atoms with Crippen molar-refractivity contribution in [1.29, 1.82) is 0 Å². The Morgan fingerprint density at radius 1 is 1.24 bits per heavy atom. The molecule has 2 rings (SSSR count). The van der Waals surface area contributed by atoms with E-state index in [4.69, 9.17) is 0 Å². The number of benzene rings is 1. The number of hydrogen-bond acceptors (Lipinski definition) is 4. The number of nitrogens with one attached hydrogen (secondary N) is 2. The van der Waals surface area contributed by atoms with E-state index in [-0.39, 0.29) is 17.7 Å². The van der Waals surface area contributed by atoms with Gasteiger partial charge in [-0.15, -0.1) is 0 Å². The van der Waals surface area contributed by atoms with Crippen LogP contribution in [0.5, 0.6) is 5.75 Å². The zero-order valence-corrected chi connectivity index (χ0v) is 12.3. The molecule has 1 amide bonds. The van der Waals surface area contributed by atoms with Crippen LogP contribution in [-0.2, 0) is 0 Å². The van der Waals surface area contributed by atoms with Crippen molar-refractivity contribution in [1.82, 2.24) is 4.98 Å². The van der Waals surface area contributed by atoms with Crippen LogP contribution in [0.2, 0.25) is 0 Å². The summed E-state index contributed by atoms with van der Waals surface area (Å²) in [6.07, 6.45) is 1.60. The molecule has 5 heteroatoms. The first-order chi connectivity index (χ1) is 9.95. The fraction of sp³-hybridized carbons (Fsp3) is 0.250. The summed E-state index contributed by atoms with van der Waals surface area (Å²) in [5, 5.41) is 15.4. The minimum absolute atomic E-state index is 0.179. The second kappa shape index (κ2) is 6.26. The van der Waals surface area contributed by atoms with Gasteiger partial charge in [-0.2, -0.15) is 0 Å². The Labute approximate surface area is 124 Å². The molecule has 1 aromatic heterocycles. The Morgan fingerprint density at radius 3 is 2.67 bits per heavy atom. The normalized spacial score (nSPS) is 10.5. The lowest BCUT2D eigenvalue weighted by molar-refractivity contribution is 0.102. The molecule has 5 nitrogen and oxygen atoms in total. The Balaban J connectivity index is 2.16. The molecule has 110 valence electrons. The van der Waals surface area contributed by atoms with E-state index in [1.807, 2.05) is 20.8 Å². The zero-order valence-electron chi connectivity index (χ0n) is 12.3. The smallest absolute Gasteiger partial charge is 0.255 e. The third-order valence-corrected chi connectivity index (χ3v) is 2.92. The molecule has 0 bridgehead atoms. The lowest BCUT2D eigenvalue weighted by atomic mass is 10.1. The number of phenolic OH excluding ortho intramolecular Hbond substituents is 1. The number of carbonyl (C=O) groups excluding carboxylic acids is 1. The maximum atomic E-state index is 12.3. The van der Waals surface area contributed by atoms with Crippen molar-refractivity contribution in [2.75, 3.05) is 10.6 Å². The number of phenols is 1. The van der Waals surface area contributed by atoms with Crippen molar-refractivity contribution in [3.05, 3.63) is 47.7 Å². The Bertz CT molecular complexity index is 654. The van der Waals surface area contributed by atoms with Crippen LogP contribution in [0.3, 0.4) is 0 Å². The zero-order chi connectivity index (χ0) is 15.4. The third-order valence-electron chi connectivity index (χ3n) is 2.92. The van der Waals surface area contributed by atoms with E-state index in [0.717, 1.165) is 5.56 Å². The summed E-state index contributed by atoms with van der Waals surface area (Å²) in [6, 6.07) is 8.45. The van der Waals surface area contributed by atoms with Crippen molar-refractivity contribution in [3.63, 3.8) is 0 Å². The standard InChI is InChI=1S/C16H19N3O2/c1-10(2)18-15-9-12(6-7-17-15)16(21)19-14-5-4-13(20)8-11(14)3/h4-10,20H,1-3H3,(H,17,18)(H,19,21). The summed E-state index contributed by atoms with van der Waals surface area (Å²) >= 11 is 0. The first kappa shape index (κ1) is 14.8.